The predicted molar refractivity (Wildman–Crippen MR) is 21.9 cm³/mol. The van der Waals surface area contributed by atoms with Gasteiger partial charge in [-0.2, -0.15) is 0 Å². The lowest BCUT2D eigenvalue weighted by Gasteiger charge is -1.77. The molecule has 0 atom stereocenters. The van der Waals surface area contributed by atoms with E-state index in [-0.39, 0.29) is 0 Å². The lowest BCUT2D eigenvalue weighted by atomic mass is 10.5. The van der Waals surface area contributed by atoms with Crippen molar-refractivity contribution in [2.45, 2.75) is 6.92 Å². The fourth-order valence-corrected chi connectivity index (χ4v) is 0. The van der Waals surface area contributed by atoms with Crippen LogP contribution in [-0.2, 0) is 0 Å². The summed E-state index contributed by atoms with van der Waals surface area (Å²) in [4.78, 5) is 0. The highest BCUT2D eigenvalue weighted by Gasteiger charge is 1.71. The fraction of sp³-hybridized carbons (Fsp3) is 0.333. The molecule has 0 spiro atoms. The summed E-state index contributed by atoms with van der Waals surface area (Å²) < 4.78 is 0. The van der Waals surface area contributed by atoms with E-state index < -0.39 is 0 Å². The largest absolute Gasteiger partial charge is 0.321 e. The van der Waals surface area contributed by atoms with Crippen LogP contribution < -0.4 is 5.73 Å². The van der Waals surface area contributed by atoms with E-state index in [9.17, 15) is 0 Å². The number of hydrogen-bond acceptors (Lipinski definition) is 2. The van der Waals surface area contributed by atoms with Gasteiger partial charge in [0, 0.05) is 5.71 Å². The van der Waals surface area contributed by atoms with Gasteiger partial charge in [0.1, 0.15) is 0 Å². The van der Waals surface area contributed by atoms with E-state index in [0.29, 0.717) is 5.71 Å². The van der Waals surface area contributed by atoms with Gasteiger partial charge in [0.2, 0.25) is 0 Å². The van der Waals surface area contributed by atoms with Crippen LogP contribution in [0.3, 0.4) is 0 Å². The zero-order chi connectivity index (χ0) is 4.28. The standard InChI is InChI=1S/C3H7N2/c1-3(5)2-4/h2,5H,4H2,1H3. The van der Waals surface area contributed by atoms with Crippen molar-refractivity contribution in [1.82, 2.24) is 0 Å². The minimum Gasteiger partial charge on any atom is -0.321 e. The van der Waals surface area contributed by atoms with E-state index in [1.165, 1.54) is 6.54 Å². The van der Waals surface area contributed by atoms with E-state index in [1.807, 2.05) is 0 Å². The molecule has 0 bridgehead atoms. The first kappa shape index (κ1) is 4.63. The Labute approximate surface area is 31.5 Å². The molecule has 5 heavy (non-hydrogen) atoms. The van der Waals surface area contributed by atoms with Gasteiger partial charge >= 0.3 is 0 Å². The molecule has 0 rings (SSSR count). The molecule has 0 saturated carbocycles. The van der Waals surface area contributed by atoms with Crippen molar-refractivity contribution in [3.63, 3.8) is 0 Å². The highest BCUT2D eigenvalue weighted by molar-refractivity contribution is 5.86. The Bertz CT molecular complexity index is 40.2. The minimum absolute atomic E-state index is 0.407. The molecular weight excluding hydrogens is 64.0 g/mol. The topological polar surface area (TPSA) is 49.9 Å². The zero-order valence-electron chi connectivity index (χ0n) is 3.15. The summed E-state index contributed by atoms with van der Waals surface area (Å²) >= 11 is 0. The van der Waals surface area contributed by atoms with Gasteiger partial charge in [-0.3, -0.25) is 0 Å². The third-order valence-electron chi connectivity index (χ3n) is 0.250. The van der Waals surface area contributed by atoms with E-state index in [4.69, 9.17) is 11.1 Å². The summed E-state index contributed by atoms with van der Waals surface area (Å²) in [7, 11) is 0. The second-order valence-electron chi connectivity index (χ2n) is 0.850. The maximum absolute atomic E-state index is 6.56. The van der Waals surface area contributed by atoms with Gasteiger partial charge in [0.25, 0.3) is 0 Å². The zero-order valence-corrected chi connectivity index (χ0v) is 3.15. The Morgan fingerprint density at radius 2 is 2.20 bits per heavy atom. The first-order chi connectivity index (χ1) is 2.27. The first-order valence-electron chi connectivity index (χ1n) is 1.37. The quantitative estimate of drug-likeness (QED) is 0.425. The molecule has 0 aromatic carbocycles. The average Bonchev–Trinajstić information content (AvgIpc) is 1.38. The number of nitrogens with one attached hydrogen (secondary N) is 1. The summed E-state index contributed by atoms with van der Waals surface area (Å²) in [6.45, 7) is 2.88. The number of nitrogens with two attached hydrogens (primary N) is 1. The molecule has 3 N–H and O–H groups in total. The third-order valence-corrected chi connectivity index (χ3v) is 0.250. The lowest BCUT2D eigenvalue weighted by molar-refractivity contribution is 1.38. The second-order valence-corrected chi connectivity index (χ2v) is 0.850. The fourth-order valence-electron chi connectivity index (χ4n) is 0. The molecule has 0 unspecified atom stereocenters. The van der Waals surface area contributed by atoms with E-state index in [0.717, 1.165) is 0 Å². The smallest absolute Gasteiger partial charge is 0.0628 e. The van der Waals surface area contributed by atoms with Gasteiger partial charge in [0.05, 0.1) is 6.54 Å². The van der Waals surface area contributed by atoms with Crippen LogP contribution in [-0.4, -0.2) is 5.71 Å². The van der Waals surface area contributed by atoms with Crippen LogP contribution in [0.15, 0.2) is 0 Å². The van der Waals surface area contributed by atoms with Crippen LogP contribution in [0, 0.1) is 12.0 Å². The SMILES string of the molecule is CC(=N)[CH]N. The van der Waals surface area contributed by atoms with Crippen LogP contribution in [0.5, 0.6) is 0 Å². The van der Waals surface area contributed by atoms with Crippen LogP contribution in [0.1, 0.15) is 6.92 Å². The van der Waals surface area contributed by atoms with E-state index >= 15 is 0 Å². The summed E-state index contributed by atoms with van der Waals surface area (Å²) in [6, 6.07) is 0. The molecule has 2 nitrogen and oxygen atoms in total. The molecule has 0 saturated heterocycles. The van der Waals surface area contributed by atoms with Crippen molar-refractivity contribution < 1.29 is 0 Å². The highest BCUT2D eigenvalue weighted by Crippen LogP contribution is 1.61. The molecule has 0 aliphatic rings. The van der Waals surface area contributed by atoms with Gasteiger partial charge in [-0.15, -0.1) is 0 Å². The molecule has 0 aliphatic carbocycles. The van der Waals surface area contributed by atoms with E-state index in [2.05, 4.69) is 0 Å². The van der Waals surface area contributed by atoms with Crippen LogP contribution >= 0.6 is 0 Å². The van der Waals surface area contributed by atoms with Gasteiger partial charge in [0.15, 0.2) is 0 Å². The molecule has 29 valence electrons. The molecular formula is C3H7N2. The molecule has 1 radical (unpaired) electrons. The van der Waals surface area contributed by atoms with Crippen molar-refractivity contribution in [2.75, 3.05) is 0 Å². The summed E-state index contributed by atoms with van der Waals surface area (Å²) in [5.41, 5.74) is 5.23. The molecule has 0 fully saturated rings. The molecule has 0 aliphatic heterocycles. The first-order valence-corrected chi connectivity index (χ1v) is 1.37. The Morgan fingerprint density at radius 3 is 2.20 bits per heavy atom. The normalized spacial score (nSPS) is 7.60. The summed E-state index contributed by atoms with van der Waals surface area (Å²) in [6.07, 6.45) is 0. The third kappa shape index (κ3) is 3.63. The Hall–Kier alpha value is -0.370. The number of rotatable bonds is 1. The van der Waals surface area contributed by atoms with Gasteiger partial charge in [-0.25, -0.2) is 0 Å². The van der Waals surface area contributed by atoms with Crippen molar-refractivity contribution >= 4 is 5.71 Å². The Kier molecular flexibility index (Phi) is 1.76. The van der Waals surface area contributed by atoms with Crippen molar-refractivity contribution in [3.05, 3.63) is 6.54 Å². The van der Waals surface area contributed by atoms with Crippen LogP contribution in [0.4, 0.5) is 0 Å². The average molecular weight is 71.1 g/mol. The monoisotopic (exact) mass is 71.1 g/mol. The van der Waals surface area contributed by atoms with Gasteiger partial charge < -0.3 is 11.1 Å². The summed E-state index contributed by atoms with van der Waals surface area (Å²) in [5, 5.41) is 6.56. The van der Waals surface area contributed by atoms with Crippen molar-refractivity contribution in [1.29, 1.82) is 5.41 Å². The molecule has 0 heterocycles. The maximum Gasteiger partial charge on any atom is 0.0628 e. The van der Waals surface area contributed by atoms with Gasteiger partial charge in [-0.05, 0) is 6.92 Å². The van der Waals surface area contributed by atoms with Gasteiger partial charge in [-0.1, -0.05) is 0 Å². The summed E-state index contributed by atoms with van der Waals surface area (Å²) in [5.74, 6) is 0. The second kappa shape index (κ2) is 1.91. The van der Waals surface area contributed by atoms with Crippen LogP contribution in [0.25, 0.3) is 0 Å². The number of hydrogen-bond donors (Lipinski definition) is 2. The molecule has 0 aromatic rings. The Morgan fingerprint density at radius 1 is 2.00 bits per heavy atom. The van der Waals surface area contributed by atoms with Crippen molar-refractivity contribution in [3.8, 4) is 0 Å². The molecule has 0 aromatic heterocycles. The maximum atomic E-state index is 6.56. The Balaban J connectivity index is 2.85. The van der Waals surface area contributed by atoms with Crippen molar-refractivity contribution in [2.24, 2.45) is 5.73 Å². The van der Waals surface area contributed by atoms with Crippen LogP contribution in [0.2, 0.25) is 0 Å². The predicted octanol–water partition coefficient (Wildman–Crippen LogP) is 0.147. The molecule has 0 amide bonds. The highest BCUT2D eigenvalue weighted by atomic mass is 14.6. The van der Waals surface area contributed by atoms with E-state index in [1.54, 1.807) is 6.92 Å². The molecule has 2 heteroatoms. The minimum atomic E-state index is 0.407. The lowest BCUT2D eigenvalue weighted by Crippen LogP contribution is -1.98.